The lowest BCUT2D eigenvalue weighted by atomic mass is 10.2. The minimum absolute atomic E-state index is 0.00407. The van der Waals surface area contributed by atoms with Gasteiger partial charge in [0.05, 0.1) is 22.6 Å². The van der Waals surface area contributed by atoms with Crippen LogP contribution >= 0.6 is 12.2 Å². The van der Waals surface area contributed by atoms with Crippen LogP contribution < -0.4 is 20.7 Å². The summed E-state index contributed by atoms with van der Waals surface area (Å²) in [4.78, 5) is 20.6. The Morgan fingerprint density at radius 2 is 1.29 bits per heavy atom. The lowest BCUT2D eigenvalue weighted by molar-refractivity contribution is -0.385. The Hall–Kier alpha value is -4.25. The zero-order valence-corrected chi connectivity index (χ0v) is 17.0. The van der Waals surface area contributed by atoms with Crippen LogP contribution in [0.3, 0.4) is 0 Å². The quantitative estimate of drug-likeness (QED) is 0.262. The van der Waals surface area contributed by atoms with Crippen molar-refractivity contribution in [3.8, 4) is 5.75 Å². The highest BCUT2D eigenvalue weighted by atomic mass is 32.1. The van der Waals surface area contributed by atoms with Crippen molar-refractivity contribution in [1.29, 1.82) is 0 Å². The summed E-state index contributed by atoms with van der Waals surface area (Å²) in [6.45, 7) is 0. The molecule has 0 spiro atoms. The van der Waals surface area contributed by atoms with Crippen molar-refractivity contribution in [2.24, 2.45) is 0 Å². The second kappa shape index (κ2) is 9.50. The van der Waals surface area contributed by atoms with Crippen molar-refractivity contribution in [2.45, 2.75) is 0 Å². The molecule has 3 N–H and O–H groups in total. The van der Waals surface area contributed by atoms with Crippen molar-refractivity contribution in [1.82, 2.24) is 0 Å². The van der Waals surface area contributed by atoms with Gasteiger partial charge in [-0.2, -0.15) is 0 Å². The van der Waals surface area contributed by atoms with E-state index < -0.39 is 9.85 Å². The van der Waals surface area contributed by atoms with E-state index in [1.54, 1.807) is 42.5 Å². The number of anilines is 4. The third-order valence-corrected chi connectivity index (χ3v) is 4.35. The van der Waals surface area contributed by atoms with E-state index >= 15 is 0 Å². The summed E-state index contributed by atoms with van der Waals surface area (Å²) in [5.41, 5.74) is 2.51. The number of nitro benzene ring substituents is 2. The van der Waals surface area contributed by atoms with E-state index in [4.69, 9.17) is 17.0 Å². The fourth-order valence-electron chi connectivity index (χ4n) is 2.67. The largest absolute Gasteiger partial charge is 0.495 e. The van der Waals surface area contributed by atoms with Gasteiger partial charge in [-0.1, -0.05) is 0 Å². The predicted molar refractivity (Wildman–Crippen MR) is 122 cm³/mol. The maximum absolute atomic E-state index is 10.8. The first-order chi connectivity index (χ1) is 14.9. The summed E-state index contributed by atoms with van der Waals surface area (Å²) < 4.78 is 5.36. The van der Waals surface area contributed by atoms with E-state index in [-0.39, 0.29) is 11.4 Å². The van der Waals surface area contributed by atoms with Gasteiger partial charge in [0.15, 0.2) is 5.11 Å². The predicted octanol–water partition coefficient (Wildman–Crippen LogP) is 5.06. The van der Waals surface area contributed by atoms with Crippen LogP contribution in [0.5, 0.6) is 5.75 Å². The van der Waals surface area contributed by atoms with E-state index in [0.717, 1.165) is 0 Å². The van der Waals surface area contributed by atoms with Gasteiger partial charge in [0.2, 0.25) is 0 Å². The van der Waals surface area contributed by atoms with E-state index in [1.165, 1.54) is 31.4 Å². The van der Waals surface area contributed by atoms with E-state index in [0.29, 0.717) is 33.6 Å². The Labute approximate surface area is 182 Å². The van der Waals surface area contributed by atoms with Gasteiger partial charge in [-0.3, -0.25) is 20.2 Å². The third kappa shape index (κ3) is 5.64. The van der Waals surface area contributed by atoms with Crippen molar-refractivity contribution >= 4 is 51.5 Å². The molecular formula is C20H17N5O5S. The number of non-ortho nitro benzene ring substituents is 2. The number of nitrogens with one attached hydrogen (secondary N) is 3. The highest BCUT2D eigenvalue weighted by Gasteiger charge is 2.09. The Morgan fingerprint density at radius 3 is 1.81 bits per heavy atom. The van der Waals surface area contributed by atoms with Gasteiger partial charge < -0.3 is 20.7 Å². The number of methoxy groups -OCH3 is 1. The molecule has 0 atom stereocenters. The number of rotatable bonds is 7. The maximum atomic E-state index is 10.8. The lowest BCUT2D eigenvalue weighted by Gasteiger charge is -2.15. The normalized spacial score (nSPS) is 10.1. The zero-order valence-electron chi connectivity index (χ0n) is 16.2. The minimum Gasteiger partial charge on any atom is -0.495 e. The van der Waals surface area contributed by atoms with Gasteiger partial charge in [-0.15, -0.1) is 0 Å². The first-order valence-electron chi connectivity index (χ1n) is 8.87. The van der Waals surface area contributed by atoms with Crippen LogP contribution in [0.4, 0.5) is 34.1 Å². The average molecular weight is 439 g/mol. The molecule has 0 aromatic heterocycles. The molecule has 31 heavy (non-hydrogen) atoms. The second-order valence-corrected chi connectivity index (χ2v) is 6.64. The van der Waals surface area contributed by atoms with Gasteiger partial charge in [0.1, 0.15) is 5.75 Å². The molecule has 0 saturated carbocycles. The minimum atomic E-state index is -0.475. The van der Waals surface area contributed by atoms with Crippen LogP contribution in [0.2, 0.25) is 0 Å². The van der Waals surface area contributed by atoms with Crippen LogP contribution in [0.1, 0.15) is 0 Å². The molecule has 0 unspecified atom stereocenters. The van der Waals surface area contributed by atoms with Gasteiger partial charge >= 0.3 is 0 Å². The molecule has 3 aromatic rings. The van der Waals surface area contributed by atoms with Crippen LogP contribution in [0, 0.1) is 20.2 Å². The van der Waals surface area contributed by atoms with Crippen LogP contribution in [0.25, 0.3) is 0 Å². The summed E-state index contributed by atoms with van der Waals surface area (Å²) in [6.07, 6.45) is 0. The number of nitrogens with zero attached hydrogens (tertiary/aromatic N) is 2. The van der Waals surface area contributed by atoms with Crippen LogP contribution in [-0.4, -0.2) is 22.1 Å². The summed E-state index contributed by atoms with van der Waals surface area (Å²) in [5.74, 6) is 0.568. The Balaban J connectivity index is 1.71. The first kappa shape index (κ1) is 21.5. The standard InChI is InChI=1S/C20H17N5O5S/c1-30-19-11-6-15(12-18(19)21-13-2-7-16(8-3-13)24(26)27)23-20(31)22-14-4-9-17(10-5-14)25(28)29/h2-12,21H,1H3,(H2,22,23,31). The topological polar surface area (TPSA) is 132 Å². The molecular weight excluding hydrogens is 422 g/mol. The number of nitro groups is 2. The van der Waals surface area contributed by atoms with Crippen LogP contribution in [-0.2, 0) is 0 Å². The molecule has 0 bridgehead atoms. The smallest absolute Gasteiger partial charge is 0.269 e. The lowest BCUT2D eigenvalue weighted by Crippen LogP contribution is -2.19. The molecule has 11 heteroatoms. The van der Waals surface area contributed by atoms with Crippen molar-refractivity contribution in [3.63, 3.8) is 0 Å². The van der Waals surface area contributed by atoms with Crippen molar-refractivity contribution in [3.05, 3.63) is 87.0 Å². The molecule has 0 fully saturated rings. The third-order valence-electron chi connectivity index (χ3n) is 4.15. The Morgan fingerprint density at radius 1 is 0.806 bits per heavy atom. The van der Waals surface area contributed by atoms with E-state index in [1.807, 2.05) is 0 Å². The summed E-state index contributed by atoms with van der Waals surface area (Å²) in [6, 6.07) is 17.1. The molecule has 0 saturated heterocycles. The van der Waals surface area contributed by atoms with Gasteiger partial charge in [0.25, 0.3) is 11.4 Å². The number of ether oxygens (including phenoxy) is 1. The highest BCUT2D eigenvalue weighted by molar-refractivity contribution is 7.80. The Bertz CT molecular complexity index is 1120. The first-order valence-corrected chi connectivity index (χ1v) is 9.28. The molecule has 3 aromatic carbocycles. The highest BCUT2D eigenvalue weighted by Crippen LogP contribution is 2.31. The summed E-state index contributed by atoms with van der Waals surface area (Å²) in [5, 5.41) is 31.0. The van der Waals surface area contributed by atoms with Crippen molar-refractivity contribution in [2.75, 3.05) is 23.1 Å². The molecule has 0 amide bonds. The second-order valence-electron chi connectivity index (χ2n) is 6.23. The molecule has 158 valence electrons. The molecule has 0 aliphatic rings. The van der Waals surface area contributed by atoms with Crippen molar-refractivity contribution < 1.29 is 14.6 Å². The van der Waals surface area contributed by atoms with Crippen LogP contribution in [0.15, 0.2) is 66.7 Å². The summed E-state index contributed by atoms with van der Waals surface area (Å²) >= 11 is 5.30. The summed E-state index contributed by atoms with van der Waals surface area (Å²) in [7, 11) is 1.53. The zero-order chi connectivity index (χ0) is 22.4. The molecule has 0 heterocycles. The number of thiocarbonyl (C=S) groups is 1. The number of benzene rings is 3. The molecule has 10 nitrogen and oxygen atoms in total. The fraction of sp³-hybridized carbons (Fsp3) is 0.0500. The van der Waals surface area contributed by atoms with E-state index in [2.05, 4.69) is 16.0 Å². The van der Waals surface area contributed by atoms with Gasteiger partial charge in [0, 0.05) is 41.3 Å². The number of hydrogen-bond acceptors (Lipinski definition) is 7. The average Bonchev–Trinajstić information content (AvgIpc) is 2.74. The molecule has 0 aliphatic heterocycles. The van der Waals surface area contributed by atoms with Gasteiger partial charge in [-0.25, -0.2) is 0 Å². The number of hydrogen-bond donors (Lipinski definition) is 3. The molecule has 0 radical (unpaired) electrons. The van der Waals surface area contributed by atoms with Gasteiger partial charge in [-0.05, 0) is 54.7 Å². The SMILES string of the molecule is COc1ccc(NC(=S)Nc2ccc([N+](=O)[O-])cc2)cc1Nc1ccc([N+](=O)[O-])cc1. The Kier molecular flexibility index (Phi) is 6.58. The molecule has 0 aliphatic carbocycles. The maximum Gasteiger partial charge on any atom is 0.269 e. The monoisotopic (exact) mass is 439 g/mol. The van der Waals surface area contributed by atoms with E-state index in [9.17, 15) is 20.2 Å². The fourth-order valence-corrected chi connectivity index (χ4v) is 2.90. The molecule has 3 rings (SSSR count).